The molecule has 6 nitrogen and oxygen atoms in total. The van der Waals surface area contributed by atoms with Gasteiger partial charge in [0.1, 0.15) is 12.1 Å². The van der Waals surface area contributed by atoms with E-state index in [1.165, 1.54) is 16.6 Å². The smallest absolute Gasteiger partial charge is 0.234 e. The maximum atomic E-state index is 12.2. The van der Waals surface area contributed by atoms with Crippen LogP contribution in [0.25, 0.3) is 0 Å². The highest BCUT2D eigenvalue weighted by Crippen LogP contribution is 2.19. The molecule has 0 radical (unpaired) electrons. The number of benzene rings is 1. The van der Waals surface area contributed by atoms with Crippen molar-refractivity contribution in [2.24, 2.45) is 0 Å². The standard InChI is InChI=1S/C18H20N4O2S2/c1-2-24-15-7-5-14(6-8-15)20-17(23)12-26-18-21-19-13-22(18)10-9-16-4-3-11-25-16/h3-8,11,13H,2,9-10,12H2,1H3,(H,20,23). The molecule has 136 valence electrons. The first-order valence-corrected chi connectivity index (χ1v) is 10.2. The van der Waals surface area contributed by atoms with Gasteiger partial charge in [0, 0.05) is 17.1 Å². The fourth-order valence-corrected chi connectivity index (χ4v) is 3.76. The Labute approximate surface area is 160 Å². The van der Waals surface area contributed by atoms with Gasteiger partial charge in [-0.05, 0) is 49.1 Å². The fourth-order valence-electron chi connectivity index (χ4n) is 2.32. The van der Waals surface area contributed by atoms with E-state index in [-0.39, 0.29) is 11.7 Å². The van der Waals surface area contributed by atoms with Crippen LogP contribution in [0.2, 0.25) is 0 Å². The van der Waals surface area contributed by atoms with Crippen molar-refractivity contribution in [2.45, 2.75) is 25.0 Å². The maximum Gasteiger partial charge on any atom is 0.234 e. The van der Waals surface area contributed by atoms with Crippen molar-refractivity contribution in [1.29, 1.82) is 0 Å². The molecule has 2 heterocycles. The van der Waals surface area contributed by atoms with Crippen LogP contribution in [0.5, 0.6) is 5.75 Å². The second kappa shape index (κ2) is 9.40. The number of carbonyl (C=O) groups excluding carboxylic acids is 1. The summed E-state index contributed by atoms with van der Waals surface area (Å²) >= 11 is 3.13. The molecule has 8 heteroatoms. The molecule has 0 spiro atoms. The number of thioether (sulfide) groups is 1. The number of aromatic nitrogens is 3. The van der Waals surface area contributed by atoms with Crippen LogP contribution in [0.15, 0.2) is 53.3 Å². The lowest BCUT2D eigenvalue weighted by Gasteiger charge is -2.08. The van der Waals surface area contributed by atoms with E-state index < -0.39 is 0 Å². The average molecular weight is 389 g/mol. The van der Waals surface area contributed by atoms with Crippen LogP contribution in [-0.2, 0) is 17.8 Å². The van der Waals surface area contributed by atoms with Gasteiger partial charge >= 0.3 is 0 Å². The molecule has 0 bridgehead atoms. The summed E-state index contributed by atoms with van der Waals surface area (Å²) in [6.45, 7) is 3.36. The molecule has 26 heavy (non-hydrogen) atoms. The topological polar surface area (TPSA) is 69.0 Å². The average Bonchev–Trinajstić information content (AvgIpc) is 3.31. The lowest BCUT2D eigenvalue weighted by atomic mass is 10.3. The molecule has 0 aliphatic rings. The summed E-state index contributed by atoms with van der Waals surface area (Å²) in [4.78, 5) is 13.5. The summed E-state index contributed by atoms with van der Waals surface area (Å²) < 4.78 is 7.37. The molecule has 0 aliphatic heterocycles. The first-order chi connectivity index (χ1) is 12.7. The van der Waals surface area contributed by atoms with Gasteiger partial charge in [-0.25, -0.2) is 0 Å². The molecule has 0 aliphatic carbocycles. The van der Waals surface area contributed by atoms with Crippen molar-refractivity contribution in [3.63, 3.8) is 0 Å². The van der Waals surface area contributed by atoms with Crippen molar-refractivity contribution in [2.75, 3.05) is 17.7 Å². The molecule has 3 rings (SSSR count). The zero-order valence-corrected chi connectivity index (χ0v) is 16.1. The molecule has 0 saturated carbocycles. The van der Waals surface area contributed by atoms with Gasteiger partial charge in [-0.3, -0.25) is 4.79 Å². The summed E-state index contributed by atoms with van der Waals surface area (Å²) in [6.07, 6.45) is 2.64. The quantitative estimate of drug-likeness (QED) is 0.566. The van der Waals surface area contributed by atoms with Gasteiger partial charge in [-0.2, -0.15) is 0 Å². The molecular formula is C18H20N4O2S2. The number of hydrogen-bond acceptors (Lipinski definition) is 6. The van der Waals surface area contributed by atoms with E-state index in [1.54, 1.807) is 17.7 Å². The van der Waals surface area contributed by atoms with E-state index in [1.807, 2.05) is 41.8 Å². The minimum atomic E-state index is -0.0769. The number of aryl methyl sites for hydroxylation is 2. The van der Waals surface area contributed by atoms with Crippen LogP contribution in [0, 0.1) is 0 Å². The van der Waals surface area contributed by atoms with Crippen LogP contribution in [0.1, 0.15) is 11.8 Å². The summed E-state index contributed by atoms with van der Waals surface area (Å²) in [5.41, 5.74) is 0.748. The highest BCUT2D eigenvalue weighted by molar-refractivity contribution is 7.99. The van der Waals surface area contributed by atoms with Crippen molar-refractivity contribution >= 4 is 34.7 Å². The Morgan fingerprint density at radius 2 is 2.15 bits per heavy atom. The highest BCUT2D eigenvalue weighted by atomic mass is 32.2. The van der Waals surface area contributed by atoms with E-state index in [2.05, 4.69) is 27.0 Å². The van der Waals surface area contributed by atoms with E-state index in [0.29, 0.717) is 6.61 Å². The molecular weight excluding hydrogens is 368 g/mol. The predicted molar refractivity (Wildman–Crippen MR) is 105 cm³/mol. The van der Waals surface area contributed by atoms with E-state index >= 15 is 0 Å². The predicted octanol–water partition coefficient (Wildman–Crippen LogP) is 3.71. The number of amides is 1. The third-order valence-corrected chi connectivity index (χ3v) is 5.46. The fraction of sp³-hybridized carbons (Fsp3) is 0.278. The number of hydrogen-bond donors (Lipinski definition) is 1. The van der Waals surface area contributed by atoms with Crippen LogP contribution in [-0.4, -0.2) is 33.0 Å². The zero-order chi connectivity index (χ0) is 18.2. The second-order valence-electron chi connectivity index (χ2n) is 5.43. The SMILES string of the molecule is CCOc1ccc(NC(=O)CSc2nncn2CCc2cccs2)cc1. The Morgan fingerprint density at radius 3 is 2.88 bits per heavy atom. The van der Waals surface area contributed by atoms with Gasteiger partial charge in [0.05, 0.1) is 12.4 Å². The van der Waals surface area contributed by atoms with Crippen molar-refractivity contribution in [3.05, 3.63) is 53.0 Å². The summed E-state index contributed by atoms with van der Waals surface area (Å²) in [6, 6.07) is 11.5. The molecule has 3 aromatic rings. The molecule has 2 aromatic heterocycles. The number of carbonyl (C=O) groups is 1. The Kier molecular flexibility index (Phi) is 6.68. The number of nitrogens with one attached hydrogen (secondary N) is 1. The van der Waals surface area contributed by atoms with Gasteiger partial charge in [-0.1, -0.05) is 17.8 Å². The number of nitrogens with zero attached hydrogens (tertiary/aromatic N) is 3. The molecule has 1 N–H and O–H groups in total. The third kappa shape index (κ3) is 5.34. The van der Waals surface area contributed by atoms with Gasteiger partial charge in [0.2, 0.25) is 5.91 Å². The summed E-state index contributed by atoms with van der Waals surface area (Å²) in [7, 11) is 0. The van der Waals surface area contributed by atoms with Crippen molar-refractivity contribution in [3.8, 4) is 5.75 Å². The van der Waals surface area contributed by atoms with E-state index in [9.17, 15) is 4.79 Å². The highest BCUT2D eigenvalue weighted by Gasteiger charge is 2.09. The molecule has 0 unspecified atom stereocenters. The Bertz CT molecular complexity index is 816. The monoisotopic (exact) mass is 388 g/mol. The number of thiophene rings is 1. The van der Waals surface area contributed by atoms with E-state index in [4.69, 9.17) is 4.74 Å². The Hall–Kier alpha value is -2.32. The summed E-state index contributed by atoms with van der Waals surface area (Å²) in [5.74, 6) is 0.996. The number of anilines is 1. The van der Waals surface area contributed by atoms with Gasteiger partial charge in [0.25, 0.3) is 0 Å². The first-order valence-electron chi connectivity index (χ1n) is 8.30. The zero-order valence-electron chi connectivity index (χ0n) is 14.4. The van der Waals surface area contributed by atoms with Crippen LogP contribution >= 0.6 is 23.1 Å². The second-order valence-corrected chi connectivity index (χ2v) is 7.41. The van der Waals surface area contributed by atoms with Gasteiger partial charge < -0.3 is 14.6 Å². The van der Waals surface area contributed by atoms with Crippen molar-refractivity contribution < 1.29 is 9.53 Å². The maximum absolute atomic E-state index is 12.2. The van der Waals surface area contributed by atoms with Crippen molar-refractivity contribution in [1.82, 2.24) is 14.8 Å². The van der Waals surface area contributed by atoms with E-state index in [0.717, 1.165) is 29.6 Å². The lowest BCUT2D eigenvalue weighted by Crippen LogP contribution is -2.14. The summed E-state index contributed by atoms with van der Waals surface area (Å²) in [5, 5.41) is 13.8. The largest absolute Gasteiger partial charge is 0.494 e. The minimum Gasteiger partial charge on any atom is -0.494 e. The van der Waals surface area contributed by atoms with Gasteiger partial charge in [-0.15, -0.1) is 21.5 Å². The normalized spacial score (nSPS) is 10.7. The number of rotatable bonds is 9. The molecule has 0 fully saturated rings. The Balaban J connectivity index is 1.47. The van der Waals surface area contributed by atoms with Gasteiger partial charge in [0.15, 0.2) is 5.16 Å². The van der Waals surface area contributed by atoms with Crippen LogP contribution < -0.4 is 10.1 Å². The number of ether oxygens (including phenoxy) is 1. The minimum absolute atomic E-state index is 0.0769. The Morgan fingerprint density at radius 1 is 1.31 bits per heavy atom. The molecule has 0 saturated heterocycles. The third-order valence-electron chi connectivity index (χ3n) is 3.54. The van der Waals surface area contributed by atoms with Crippen LogP contribution in [0.4, 0.5) is 5.69 Å². The molecule has 0 atom stereocenters. The first kappa shape index (κ1) is 18.5. The molecule has 1 aromatic carbocycles. The lowest BCUT2D eigenvalue weighted by molar-refractivity contribution is -0.113. The van der Waals surface area contributed by atoms with Crippen LogP contribution in [0.3, 0.4) is 0 Å². The molecule has 1 amide bonds.